The van der Waals surface area contributed by atoms with Crippen molar-refractivity contribution < 1.29 is 37.4 Å². The van der Waals surface area contributed by atoms with Gasteiger partial charge in [0.25, 0.3) is 0 Å². The Balaban J connectivity index is 1.65. The molecule has 0 radical (unpaired) electrons. The van der Waals surface area contributed by atoms with Crippen molar-refractivity contribution in [3.63, 3.8) is 0 Å². The fraction of sp³-hybridized carbons (Fsp3) is 0.643. The molecule has 2 aromatic rings. The second-order valence-electron chi connectivity index (χ2n) is 6.36. The number of aliphatic hydroxyl groups is 1. The van der Waals surface area contributed by atoms with E-state index >= 15 is 0 Å². The minimum absolute atomic E-state index is 0.0995. The SMILES string of the molecule is CO[PH](O)(S)OCCCn1c(COP(=O)(S)OC2COCC2O)nc2cncnc21. The van der Waals surface area contributed by atoms with Gasteiger partial charge in [-0.05, 0) is 0 Å². The van der Waals surface area contributed by atoms with E-state index in [0.29, 0.717) is 30.0 Å². The second-order valence-corrected chi connectivity index (χ2v) is 12.7. The van der Waals surface area contributed by atoms with Crippen molar-refractivity contribution in [2.24, 2.45) is 0 Å². The van der Waals surface area contributed by atoms with Gasteiger partial charge in [-0.3, -0.25) is 0 Å². The van der Waals surface area contributed by atoms with Crippen molar-refractivity contribution >= 4 is 49.6 Å². The van der Waals surface area contributed by atoms with Gasteiger partial charge >= 0.3 is 167 Å². The number of aryl methyl sites for hydroxylation is 1. The zero-order valence-electron chi connectivity index (χ0n) is 16.0. The molecule has 1 fully saturated rings. The monoisotopic (exact) mass is 502 g/mol. The summed E-state index contributed by atoms with van der Waals surface area (Å²) in [6, 6.07) is 0. The normalized spacial score (nSPS) is 22.4. The van der Waals surface area contributed by atoms with E-state index < -0.39 is 26.2 Å². The van der Waals surface area contributed by atoms with E-state index in [4.69, 9.17) is 22.8 Å². The molecule has 2 N–H and O–H groups in total. The Morgan fingerprint density at radius 1 is 1.47 bits per heavy atom. The van der Waals surface area contributed by atoms with Crippen molar-refractivity contribution in [3.8, 4) is 0 Å². The van der Waals surface area contributed by atoms with Crippen LogP contribution in [0.15, 0.2) is 12.5 Å². The number of ether oxygens (including phenoxy) is 1. The van der Waals surface area contributed by atoms with Crippen LogP contribution in [-0.2, 0) is 40.5 Å². The molecule has 3 heterocycles. The Labute approximate surface area is 183 Å². The Hall–Kier alpha value is -0.370. The van der Waals surface area contributed by atoms with Crippen LogP contribution in [0.1, 0.15) is 12.2 Å². The summed E-state index contributed by atoms with van der Waals surface area (Å²) in [5, 5.41) is 9.74. The van der Waals surface area contributed by atoms with Crippen LogP contribution >= 0.6 is 38.4 Å². The summed E-state index contributed by atoms with van der Waals surface area (Å²) in [7, 11) is -2.08. The summed E-state index contributed by atoms with van der Waals surface area (Å²) < 4.78 is 40.1. The standard InChI is InChI=1S/C14H24N4O8P2S2/c1-22-27(20,29)24-4-2-3-18-13(17-10-5-15-9-16-14(10)18)8-25-28(21,30)26-12-7-23-6-11(12)19/h5,9,11-12,19-20,27,29H,2-4,6-8H2,1H3,(H,21,30). The van der Waals surface area contributed by atoms with Gasteiger partial charge in [-0.2, -0.15) is 0 Å². The van der Waals surface area contributed by atoms with Crippen molar-refractivity contribution in [1.82, 2.24) is 19.5 Å². The summed E-state index contributed by atoms with van der Waals surface area (Å²) in [6.45, 7) is -3.14. The third-order valence-corrected chi connectivity index (χ3v) is 7.87. The summed E-state index contributed by atoms with van der Waals surface area (Å²) in [5.41, 5.74) is 1.09. The first kappa shape index (κ1) is 24.3. The summed E-state index contributed by atoms with van der Waals surface area (Å²) in [4.78, 5) is 22.3. The van der Waals surface area contributed by atoms with E-state index in [0.717, 1.165) is 0 Å². The van der Waals surface area contributed by atoms with Gasteiger partial charge in [0.15, 0.2) is 0 Å². The number of imidazole rings is 1. The molecule has 2 aromatic heterocycles. The van der Waals surface area contributed by atoms with E-state index in [9.17, 15) is 14.6 Å². The average molecular weight is 502 g/mol. The van der Waals surface area contributed by atoms with E-state index in [1.54, 1.807) is 10.8 Å². The molecule has 16 heteroatoms. The van der Waals surface area contributed by atoms with Crippen LogP contribution in [-0.4, -0.2) is 68.7 Å². The second kappa shape index (κ2) is 10.5. The van der Waals surface area contributed by atoms with E-state index in [1.165, 1.54) is 13.4 Å². The first-order chi connectivity index (χ1) is 14.2. The quantitative estimate of drug-likeness (QED) is 0.202. The molecule has 3 unspecified atom stereocenters. The van der Waals surface area contributed by atoms with Gasteiger partial charge in [0.1, 0.15) is 0 Å². The topological polar surface area (TPSA) is 147 Å². The van der Waals surface area contributed by atoms with Gasteiger partial charge in [0, 0.05) is 0 Å². The van der Waals surface area contributed by atoms with E-state index in [1.807, 2.05) is 0 Å². The number of hydrogen-bond acceptors (Lipinski definition) is 12. The number of nitrogens with zero attached hydrogens (tertiary/aromatic N) is 4. The fourth-order valence-electron chi connectivity index (χ4n) is 2.72. The molecule has 3 atom stereocenters. The summed E-state index contributed by atoms with van der Waals surface area (Å²) in [6.07, 6.45) is 1.75. The third-order valence-electron chi connectivity index (χ3n) is 4.20. The third kappa shape index (κ3) is 6.57. The molecule has 0 bridgehead atoms. The summed E-state index contributed by atoms with van der Waals surface area (Å²) in [5.74, 6) is 0.428. The molecular weight excluding hydrogens is 478 g/mol. The number of thiol groups is 2. The zero-order chi connectivity index (χ0) is 21.8. The molecule has 1 aliphatic rings. The molecule has 0 amide bonds. The molecule has 0 spiro atoms. The van der Waals surface area contributed by atoms with Crippen LogP contribution in [0.4, 0.5) is 0 Å². The molecule has 30 heavy (non-hydrogen) atoms. The van der Waals surface area contributed by atoms with Crippen molar-refractivity contribution in [2.75, 3.05) is 26.9 Å². The Bertz CT molecular complexity index is 904. The van der Waals surface area contributed by atoms with E-state index in [2.05, 4.69) is 39.4 Å². The van der Waals surface area contributed by atoms with Gasteiger partial charge in [0.05, 0.1) is 6.61 Å². The van der Waals surface area contributed by atoms with Gasteiger partial charge in [-0.15, -0.1) is 0 Å². The maximum atomic E-state index is 12.5. The predicted octanol–water partition coefficient (Wildman–Crippen LogP) is 1.54. The molecule has 1 aliphatic heterocycles. The number of aromatic nitrogens is 4. The van der Waals surface area contributed by atoms with Gasteiger partial charge < -0.3 is 9.84 Å². The fourth-order valence-corrected chi connectivity index (χ4v) is 4.94. The van der Waals surface area contributed by atoms with E-state index in [-0.39, 0.29) is 26.4 Å². The molecule has 0 aromatic carbocycles. The van der Waals surface area contributed by atoms with Crippen LogP contribution in [0.2, 0.25) is 0 Å². The van der Waals surface area contributed by atoms with Gasteiger partial charge in [0.2, 0.25) is 0 Å². The van der Waals surface area contributed by atoms with Crippen LogP contribution in [0, 0.1) is 0 Å². The molecule has 3 rings (SSSR count). The van der Waals surface area contributed by atoms with Crippen LogP contribution in [0.3, 0.4) is 0 Å². The number of hydrogen-bond donors (Lipinski definition) is 4. The van der Waals surface area contributed by atoms with Gasteiger partial charge in [-0.1, -0.05) is 0 Å². The number of fused-ring (bicyclic) bond motifs is 1. The first-order valence-corrected chi connectivity index (χ1v) is 14.7. The molecule has 0 aliphatic carbocycles. The molecule has 170 valence electrons. The van der Waals surface area contributed by atoms with Gasteiger partial charge in [-0.25, -0.2) is 0 Å². The Morgan fingerprint density at radius 2 is 2.27 bits per heavy atom. The number of rotatable bonds is 11. The zero-order valence-corrected chi connectivity index (χ0v) is 19.7. The van der Waals surface area contributed by atoms with Crippen molar-refractivity contribution in [1.29, 1.82) is 0 Å². The van der Waals surface area contributed by atoms with Crippen LogP contribution in [0.25, 0.3) is 11.2 Å². The van der Waals surface area contributed by atoms with Crippen LogP contribution < -0.4 is 0 Å². The molecule has 0 saturated carbocycles. The molecular formula is C14H24N4O8P2S2. The Kier molecular flexibility index (Phi) is 8.49. The molecule has 12 nitrogen and oxygen atoms in total. The number of aliphatic hydroxyl groups excluding tert-OH is 1. The Morgan fingerprint density at radius 3 is 2.97 bits per heavy atom. The van der Waals surface area contributed by atoms with Crippen molar-refractivity contribution in [3.05, 3.63) is 18.3 Å². The molecule has 1 saturated heterocycles. The first-order valence-electron chi connectivity index (χ1n) is 8.91. The van der Waals surface area contributed by atoms with Crippen molar-refractivity contribution in [2.45, 2.75) is 31.8 Å². The average Bonchev–Trinajstić information content (AvgIpc) is 3.26. The predicted molar refractivity (Wildman–Crippen MR) is 116 cm³/mol. The summed E-state index contributed by atoms with van der Waals surface area (Å²) >= 11 is 7.91. The minimum atomic E-state index is -3.78. The maximum absolute atomic E-state index is 12.5. The van der Waals surface area contributed by atoms with Crippen LogP contribution in [0.5, 0.6) is 0 Å².